The average molecular weight is 392 g/mol. The minimum absolute atomic E-state index is 0.0711. The maximum absolute atomic E-state index is 12.4. The van der Waals surface area contributed by atoms with Gasteiger partial charge in [-0.3, -0.25) is 4.98 Å². The number of aromatic nitrogens is 4. The summed E-state index contributed by atoms with van der Waals surface area (Å²) in [5.74, 6) is 1.58. The van der Waals surface area contributed by atoms with Gasteiger partial charge in [-0.25, -0.2) is 14.5 Å². The van der Waals surface area contributed by atoms with E-state index in [2.05, 4.69) is 25.7 Å². The lowest BCUT2D eigenvalue weighted by Gasteiger charge is -2.33. The Balaban J connectivity index is 1.49. The van der Waals surface area contributed by atoms with E-state index in [0.717, 1.165) is 17.9 Å². The lowest BCUT2D eigenvalue weighted by molar-refractivity contribution is 0.0864. The van der Waals surface area contributed by atoms with Crippen LogP contribution in [0.1, 0.15) is 36.8 Å². The third-order valence-electron chi connectivity index (χ3n) is 5.16. The molecule has 2 amide bonds. The van der Waals surface area contributed by atoms with Crippen molar-refractivity contribution < 1.29 is 9.90 Å². The van der Waals surface area contributed by atoms with Gasteiger partial charge in [0.1, 0.15) is 11.6 Å². The van der Waals surface area contributed by atoms with Gasteiger partial charge in [0, 0.05) is 17.8 Å². The Labute approximate surface area is 169 Å². The van der Waals surface area contributed by atoms with E-state index < -0.39 is 6.10 Å². The number of nitrogens with one attached hydrogen (secondary N) is 2. The van der Waals surface area contributed by atoms with Crippen LogP contribution in [0.2, 0.25) is 0 Å². The van der Waals surface area contributed by atoms with Crippen LogP contribution in [0, 0.1) is 6.92 Å². The molecular formula is C21H24N6O2. The summed E-state index contributed by atoms with van der Waals surface area (Å²) in [6.07, 6.45) is 4.82. The van der Waals surface area contributed by atoms with Gasteiger partial charge in [0.25, 0.3) is 0 Å². The number of hydrogen-bond acceptors (Lipinski definition) is 5. The van der Waals surface area contributed by atoms with E-state index in [1.54, 1.807) is 12.4 Å². The number of nitrogens with zero attached hydrogens (tertiary/aromatic N) is 4. The SMILES string of the molecule is Cc1nc([C@H]2CC[C@@H](O)[C@H](NC(=O)Nc3ccccc3)C2)n(-c2cccnc2)n1. The molecule has 3 N–H and O–H groups in total. The van der Waals surface area contributed by atoms with Gasteiger partial charge in [-0.05, 0) is 50.5 Å². The molecule has 3 aromatic rings. The Morgan fingerprint density at radius 2 is 2.00 bits per heavy atom. The van der Waals surface area contributed by atoms with E-state index in [0.29, 0.717) is 24.4 Å². The van der Waals surface area contributed by atoms with Crippen LogP contribution in [0.3, 0.4) is 0 Å². The number of aliphatic hydroxyl groups is 1. The summed E-state index contributed by atoms with van der Waals surface area (Å²) in [5.41, 5.74) is 1.55. The van der Waals surface area contributed by atoms with Crippen molar-refractivity contribution in [3.05, 3.63) is 66.5 Å². The molecule has 1 aromatic carbocycles. The third-order valence-corrected chi connectivity index (χ3v) is 5.16. The number of carbonyl (C=O) groups is 1. The van der Waals surface area contributed by atoms with E-state index in [1.165, 1.54) is 0 Å². The summed E-state index contributed by atoms with van der Waals surface area (Å²) in [6, 6.07) is 12.3. The number of anilines is 1. The summed E-state index contributed by atoms with van der Waals surface area (Å²) >= 11 is 0. The smallest absolute Gasteiger partial charge is 0.319 e. The lowest BCUT2D eigenvalue weighted by atomic mass is 9.83. The molecule has 0 unspecified atom stereocenters. The summed E-state index contributed by atoms with van der Waals surface area (Å²) in [6.45, 7) is 1.86. The highest BCUT2D eigenvalue weighted by Gasteiger charge is 2.34. The second kappa shape index (κ2) is 8.40. The maximum atomic E-state index is 12.4. The Morgan fingerprint density at radius 1 is 1.17 bits per heavy atom. The summed E-state index contributed by atoms with van der Waals surface area (Å²) in [4.78, 5) is 21.2. The Hall–Kier alpha value is -3.26. The van der Waals surface area contributed by atoms with Crippen molar-refractivity contribution in [2.45, 2.75) is 44.2 Å². The van der Waals surface area contributed by atoms with Crippen molar-refractivity contribution in [1.29, 1.82) is 0 Å². The zero-order valence-corrected chi connectivity index (χ0v) is 16.2. The highest BCUT2D eigenvalue weighted by atomic mass is 16.3. The first-order chi connectivity index (χ1) is 14.1. The number of aliphatic hydroxyl groups excluding tert-OH is 1. The highest BCUT2D eigenvalue weighted by Crippen LogP contribution is 2.33. The van der Waals surface area contributed by atoms with Crippen molar-refractivity contribution in [3.8, 4) is 5.69 Å². The predicted octanol–water partition coefficient (Wildman–Crippen LogP) is 2.79. The Kier molecular flexibility index (Phi) is 5.53. The zero-order chi connectivity index (χ0) is 20.2. The second-order valence-electron chi connectivity index (χ2n) is 7.29. The summed E-state index contributed by atoms with van der Waals surface area (Å²) in [7, 11) is 0. The van der Waals surface area contributed by atoms with Gasteiger partial charge in [0.2, 0.25) is 0 Å². The van der Waals surface area contributed by atoms with Crippen LogP contribution in [0.5, 0.6) is 0 Å². The molecule has 29 heavy (non-hydrogen) atoms. The summed E-state index contributed by atoms with van der Waals surface area (Å²) < 4.78 is 1.81. The van der Waals surface area contributed by atoms with Crippen LogP contribution in [0.4, 0.5) is 10.5 Å². The lowest BCUT2D eigenvalue weighted by Crippen LogP contribution is -2.48. The van der Waals surface area contributed by atoms with Crippen LogP contribution >= 0.6 is 0 Å². The van der Waals surface area contributed by atoms with Crippen molar-refractivity contribution in [2.24, 2.45) is 0 Å². The fraction of sp³-hybridized carbons (Fsp3) is 0.333. The van der Waals surface area contributed by atoms with Gasteiger partial charge in [-0.2, -0.15) is 5.10 Å². The average Bonchev–Trinajstić information content (AvgIpc) is 3.13. The molecule has 150 valence electrons. The first-order valence-corrected chi connectivity index (χ1v) is 9.75. The molecule has 0 spiro atoms. The molecular weight excluding hydrogens is 368 g/mol. The van der Waals surface area contributed by atoms with E-state index >= 15 is 0 Å². The van der Waals surface area contributed by atoms with Crippen LogP contribution in [-0.4, -0.2) is 43.0 Å². The number of benzene rings is 1. The molecule has 0 bridgehead atoms. The number of amides is 2. The number of rotatable bonds is 4. The first-order valence-electron chi connectivity index (χ1n) is 9.75. The van der Waals surface area contributed by atoms with Crippen LogP contribution in [0.25, 0.3) is 5.69 Å². The Bertz CT molecular complexity index is 960. The van der Waals surface area contributed by atoms with Gasteiger partial charge < -0.3 is 15.7 Å². The topological polar surface area (TPSA) is 105 Å². The van der Waals surface area contributed by atoms with Crippen molar-refractivity contribution in [1.82, 2.24) is 25.1 Å². The van der Waals surface area contributed by atoms with Gasteiger partial charge in [-0.15, -0.1) is 0 Å². The molecule has 1 saturated carbocycles. The molecule has 2 heterocycles. The molecule has 1 fully saturated rings. The molecule has 3 atom stereocenters. The van der Waals surface area contributed by atoms with E-state index in [1.807, 2.05) is 54.1 Å². The quantitative estimate of drug-likeness (QED) is 0.633. The van der Waals surface area contributed by atoms with Crippen LogP contribution in [0.15, 0.2) is 54.9 Å². The third kappa shape index (κ3) is 4.43. The molecule has 1 aliphatic carbocycles. The largest absolute Gasteiger partial charge is 0.391 e. The van der Waals surface area contributed by atoms with Gasteiger partial charge in [0.05, 0.1) is 24.0 Å². The van der Waals surface area contributed by atoms with Gasteiger partial charge >= 0.3 is 6.03 Å². The number of carbonyl (C=O) groups excluding carboxylic acids is 1. The monoisotopic (exact) mass is 392 g/mol. The number of hydrogen-bond donors (Lipinski definition) is 3. The molecule has 0 radical (unpaired) electrons. The van der Waals surface area contributed by atoms with Crippen molar-refractivity contribution in [2.75, 3.05) is 5.32 Å². The van der Waals surface area contributed by atoms with Crippen molar-refractivity contribution >= 4 is 11.7 Å². The van der Waals surface area contributed by atoms with Crippen LogP contribution < -0.4 is 10.6 Å². The molecule has 0 saturated heterocycles. The second-order valence-corrected chi connectivity index (χ2v) is 7.29. The van der Waals surface area contributed by atoms with Crippen LogP contribution in [-0.2, 0) is 0 Å². The Morgan fingerprint density at radius 3 is 2.76 bits per heavy atom. The summed E-state index contributed by atoms with van der Waals surface area (Å²) in [5, 5.41) is 20.7. The molecule has 1 aliphatic rings. The fourth-order valence-corrected chi connectivity index (χ4v) is 3.77. The normalized spacial score (nSPS) is 21.5. The number of urea groups is 1. The predicted molar refractivity (Wildman–Crippen MR) is 109 cm³/mol. The standard InChI is InChI=1S/C21H24N6O2/c1-14-23-20(27(26-14)17-8-5-11-22-13-17)15-9-10-19(28)18(12-15)25-21(29)24-16-6-3-2-4-7-16/h2-8,11,13,15,18-19,28H,9-10,12H2,1H3,(H2,24,25,29)/t15-,18+,19+/m0/s1. The number of pyridine rings is 1. The highest BCUT2D eigenvalue weighted by molar-refractivity contribution is 5.89. The molecule has 0 aliphatic heterocycles. The van der Waals surface area contributed by atoms with E-state index in [9.17, 15) is 9.90 Å². The van der Waals surface area contributed by atoms with E-state index in [4.69, 9.17) is 0 Å². The molecule has 8 nitrogen and oxygen atoms in total. The molecule has 4 rings (SSSR count). The number of para-hydroxylation sites is 1. The molecule has 8 heteroatoms. The first kappa shape index (κ1) is 19.1. The number of aryl methyl sites for hydroxylation is 1. The maximum Gasteiger partial charge on any atom is 0.319 e. The fourth-order valence-electron chi connectivity index (χ4n) is 3.77. The zero-order valence-electron chi connectivity index (χ0n) is 16.2. The molecule has 2 aromatic heterocycles. The van der Waals surface area contributed by atoms with E-state index in [-0.39, 0.29) is 18.0 Å². The van der Waals surface area contributed by atoms with Gasteiger partial charge in [-0.1, -0.05) is 18.2 Å². The van der Waals surface area contributed by atoms with Crippen molar-refractivity contribution in [3.63, 3.8) is 0 Å². The minimum atomic E-state index is -0.594. The minimum Gasteiger partial charge on any atom is -0.391 e. The van der Waals surface area contributed by atoms with Gasteiger partial charge in [0.15, 0.2) is 0 Å².